The number of carbonyl (C=O) groups is 1. The van der Waals surface area contributed by atoms with Gasteiger partial charge in [0.05, 0.1) is 12.4 Å². The van der Waals surface area contributed by atoms with E-state index in [4.69, 9.17) is 16.3 Å². The van der Waals surface area contributed by atoms with Crippen LogP contribution in [0.1, 0.15) is 17.9 Å². The maximum atomic E-state index is 12.3. The molecule has 0 radical (unpaired) electrons. The number of hydrogen-bond acceptors (Lipinski definition) is 4. The molecular formula is C17H16ClNO3S. The van der Waals surface area contributed by atoms with Crippen molar-refractivity contribution in [3.8, 4) is 11.5 Å². The van der Waals surface area contributed by atoms with E-state index in [9.17, 15) is 9.90 Å². The van der Waals surface area contributed by atoms with Gasteiger partial charge in [-0.1, -0.05) is 17.7 Å². The summed E-state index contributed by atoms with van der Waals surface area (Å²) in [5, 5.41) is 10.3. The van der Waals surface area contributed by atoms with Gasteiger partial charge < -0.3 is 9.84 Å². The molecule has 0 aliphatic carbocycles. The number of halogens is 1. The first kappa shape index (κ1) is 16.0. The molecule has 1 N–H and O–H groups in total. The molecule has 2 aromatic carbocycles. The standard InChI is InChI=1S/C17H16ClNO3S/c1-2-22-15-9-11(3-8-14(15)20)17-19(16(21)10-23-17)13-6-4-12(18)5-7-13/h3-9,17,20H,2,10H2,1H3. The van der Waals surface area contributed by atoms with Crippen molar-refractivity contribution in [2.24, 2.45) is 0 Å². The van der Waals surface area contributed by atoms with Crippen LogP contribution in [0, 0.1) is 0 Å². The molecule has 0 spiro atoms. The number of carbonyl (C=O) groups excluding carboxylic acids is 1. The highest BCUT2D eigenvalue weighted by Gasteiger charge is 2.34. The molecule has 6 heteroatoms. The van der Waals surface area contributed by atoms with Crippen molar-refractivity contribution in [2.75, 3.05) is 17.3 Å². The Hall–Kier alpha value is -1.85. The summed E-state index contributed by atoms with van der Waals surface area (Å²) in [5.74, 6) is 0.996. The summed E-state index contributed by atoms with van der Waals surface area (Å²) in [7, 11) is 0. The van der Waals surface area contributed by atoms with Crippen molar-refractivity contribution in [1.29, 1.82) is 0 Å². The molecule has 1 atom stereocenters. The van der Waals surface area contributed by atoms with Crippen LogP contribution >= 0.6 is 23.4 Å². The Labute approximate surface area is 144 Å². The minimum atomic E-state index is -0.150. The second-order valence-corrected chi connectivity index (χ2v) is 6.57. The van der Waals surface area contributed by atoms with E-state index in [1.54, 1.807) is 40.9 Å². The first-order chi connectivity index (χ1) is 11.1. The van der Waals surface area contributed by atoms with Crippen LogP contribution in [0.2, 0.25) is 5.02 Å². The van der Waals surface area contributed by atoms with Crippen LogP contribution in [0.3, 0.4) is 0 Å². The van der Waals surface area contributed by atoms with Gasteiger partial charge in [-0.05, 0) is 48.9 Å². The van der Waals surface area contributed by atoms with E-state index in [2.05, 4.69) is 0 Å². The number of nitrogens with zero attached hydrogens (tertiary/aromatic N) is 1. The van der Waals surface area contributed by atoms with Gasteiger partial charge in [0.25, 0.3) is 0 Å². The fourth-order valence-electron chi connectivity index (χ4n) is 2.51. The number of phenolic OH excluding ortho intramolecular Hbond substituents is 1. The highest BCUT2D eigenvalue weighted by atomic mass is 35.5. The highest BCUT2D eigenvalue weighted by molar-refractivity contribution is 8.00. The number of hydrogen-bond donors (Lipinski definition) is 1. The van der Waals surface area contributed by atoms with Crippen LogP contribution in [0.4, 0.5) is 5.69 Å². The highest BCUT2D eigenvalue weighted by Crippen LogP contribution is 2.43. The lowest BCUT2D eigenvalue weighted by Gasteiger charge is -2.25. The smallest absolute Gasteiger partial charge is 0.238 e. The zero-order valence-corrected chi connectivity index (χ0v) is 14.1. The minimum Gasteiger partial charge on any atom is -0.504 e. The zero-order valence-electron chi connectivity index (χ0n) is 12.5. The van der Waals surface area contributed by atoms with Gasteiger partial charge >= 0.3 is 0 Å². The van der Waals surface area contributed by atoms with Crippen molar-refractivity contribution in [3.05, 3.63) is 53.1 Å². The average molecular weight is 350 g/mol. The van der Waals surface area contributed by atoms with Gasteiger partial charge in [-0.2, -0.15) is 0 Å². The van der Waals surface area contributed by atoms with Crippen molar-refractivity contribution in [1.82, 2.24) is 0 Å². The third kappa shape index (κ3) is 3.26. The van der Waals surface area contributed by atoms with Crippen molar-refractivity contribution >= 4 is 35.0 Å². The van der Waals surface area contributed by atoms with E-state index < -0.39 is 0 Å². The summed E-state index contributed by atoms with van der Waals surface area (Å²) in [5.41, 5.74) is 1.72. The molecule has 3 rings (SSSR count). The molecule has 1 fully saturated rings. The Morgan fingerprint density at radius 3 is 2.74 bits per heavy atom. The Balaban J connectivity index is 1.96. The summed E-state index contributed by atoms with van der Waals surface area (Å²) in [6, 6.07) is 12.4. The summed E-state index contributed by atoms with van der Waals surface area (Å²) < 4.78 is 5.44. The fraction of sp³-hybridized carbons (Fsp3) is 0.235. The second-order valence-electron chi connectivity index (χ2n) is 5.06. The molecule has 2 aromatic rings. The Morgan fingerprint density at radius 2 is 2.04 bits per heavy atom. The number of aromatic hydroxyl groups is 1. The molecule has 0 aromatic heterocycles. The fourth-order valence-corrected chi connectivity index (χ4v) is 3.80. The third-order valence-corrected chi connectivity index (χ3v) is 5.01. The summed E-state index contributed by atoms with van der Waals surface area (Å²) in [4.78, 5) is 14.1. The average Bonchev–Trinajstić information content (AvgIpc) is 2.92. The number of rotatable bonds is 4. The van der Waals surface area contributed by atoms with E-state index in [0.717, 1.165) is 11.3 Å². The maximum absolute atomic E-state index is 12.3. The van der Waals surface area contributed by atoms with Crippen LogP contribution in [0.15, 0.2) is 42.5 Å². The number of benzene rings is 2. The van der Waals surface area contributed by atoms with Gasteiger partial charge in [-0.25, -0.2) is 0 Å². The van der Waals surface area contributed by atoms with Gasteiger partial charge in [0, 0.05) is 10.7 Å². The lowest BCUT2D eigenvalue weighted by molar-refractivity contribution is -0.115. The molecule has 1 saturated heterocycles. The molecule has 0 bridgehead atoms. The molecule has 1 unspecified atom stereocenters. The van der Waals surface area contributed by atoms with E-state index in [1.165, 1.54) is 0 Å². The minimum absolute atomic E-state index is 0.0494. The summed E-state index contributed by atoms with van der Waals surface area (Å²) in [6.45, 7) is 2.33. The van der Waals surface area contributed by atoms with Gasteiger partial charge in [-0.3, -0.25) is 9.69 Å². The molecule has 1 aliphatic heterocycles. The maximum Gasteiger partial charge on any atom is 0.238 e. The van der Waals surface area contributed by atoms with E-state index >= 15 is 0 Å². The Kier molecular flexibility index (Phi) is 4.68. The van der Waals surface area contributed by atoms with Crippen LogP contribution in [-0.4, -0.2) is 23.4 Å². The third-order valence-electron chi connectivity index (χ3n) is 3.54. The molecule has 1 aliphatic rings. The SMILES string of the molecule is CCOc1cc(C2SCC(=O)N2c2ccc(Cl)cc2)ccc1O. The lowest BCUT2D eigenvalue weighted by atomic mass is 10.1. The van der Waals surface area contributed by atoms with Crippen LogP contribution in [0.5, 0.6) is 11.5 Å². The van der Waals surface area contributed by atoms with Crippen LogP contribution in [0.25, 0.3) is 0 Å². The normalized spacial score (nSPS) is 17.6. The number of phenols is 1. The number of anilines is 1. The van der Waals surface area contributed by atoms with Gasteiger partial charge in [0.2, 0.25) is 5.91 Å². The van der Waals surface area contributed by atoms with E-state index in [-0.39, 0.29) is 17.0 Å². The summed E-state index contributed by atoms with van der Waals surface area (Å²) >= 11 is 7.48. The molecule has 1 heterocycles. The van der Waals surface area contributed by atoms with Crippen molar-refractivity contribution < 1.29 is 14.6 Å². The first-order valence-electron chi connectivity index (χ1n) is 7.25. The Morgan fingerprint density at radius 1 is 1.30 bits per heavy atom. The lowest BCUT2D eigenvalue weighted by Crippen LogP contribution is -2.27. The number of thioether (sulfide) groups is 1. The summed E-state index contributed by atoms with van der Waals surface area (Å²) in [6.07, 6.45) is 0. The molecular weight excluding hydrogens is 334 g/mol. The zero-order chi connectivity index (χ0) is 16.4. The van der Waals surface area contributed by atoms with E-state index in [0.29, 0.717) is 23.1 Å². The second kappa shape index (κ2) is 6.72. The predicted molar refractivity (Wildman–Crippen MR) is 93.4 cm³/mol. The van der Waals surface area contributed by atoms with E-state index in [1.807, 2.05) is 25.1 Å². The van der Waals surface area contributed by atoms with Crippen LogP contribution < -0.4 is 9.64 Å². The number of amides is 1. The molecule has 23 heavy (non-hydrogen) atoms. The van der Waals surface area contributed by atoms with Gasteiger partial charge in [-0.15, -0.1) is 11.8 Å². The predicted octanol–water partition coefficient (Wildman–Crippen LogP) is 4.22. The van der Waals surface area contributed by atoms with Crippen molar-refractivity contribution in [2.45, 2.75) is 12.3 Å². The van der Waals surface area contributed by atoms with Gasteiger partial charge in [0.15, 0.2) is 11.5 Å². The molecule has 4 nitrogen and oxygen atoms in total. The van der Waals surface area contributed by atoms with Gasteiger partial charge in [0.1, 0.15) is 5.37 Å². The topological polar surface area (TPSA) is 49.8 Å². The van der Waals surface area contributed by atoms with Crippen molar-refractivity contribution in [3.63, 3.8) is 0 Å². The molecule has 0 saturated carbocycles. The number of ether oxygens (including phenoxy) is 1. The Bertz CT molecular complexity index is 720. The largest absolute Gasteiger partial charge is 0.504 e. The quantitative estimate of drug-likeness (QED) is 0.897. The molecule has 120 valence electrons. The molecule has 1 amide bonds. The first-order valence-corrected chi connectivity index (χ1v) is 8.67. The van der Waals surface area contributed by atoms with Crippen LogP contribution in [-0.2, 0) is 4.79 Å². The monoisotopic (exact) mass is 349 g/mol.